The molecule has 0 unspecified atom stereocenters. The lowest BCUT2D eigenvalue weighted by Crippen LogP contribution is -2.49. The Bertz CT molecular complexity index is 761. The minimum absolute atomic E-state index is 0.00331. The van der Waals surface area contributed by atoms with Crippen LogP contribution < -0.4 is 4.90 Å². The molecule has 23 heavy (non-hydrogen) atoms. The third-order valence-corrected chi connectivity index (χ3v) is 3.91. The molecule has 1 amide bonds. The van der Waals surface area contributed by atoms with Crippen LogP contribution in [-0.2, 0) is 0 Å². The number of piperazine rings is 1. The highest BCUT2D eigenvalue weighted by Gasteiger charge is 2.25. The van der Waals surface area contributed by atoms with Crippen molar-refractivity contribution in [3.8, 4) is 11.8 Å². The smallest absolute Gasteiger partial charge is 0.257 e. The fourth-order valence-corrected chi connectivity index (χ4v) is 2.68. The van der Waals surface area contributed by atoms with Crippen LogP contribution in [0.15, 0.2) is 42.6 Å². The highest BCUT2D eigenvalue weighted by atomic mass is 16.3. The maximum atomic E-state index is 12.5. The van der Waals surface area contributed by atoms with Crippen molar-refractivity contribution in [1.82, 2.24) is 9.88 Å². The van der Waals surface area contributed by atoms with Crippen LogP contribution in [0.3, 0.4) is 0 Å². The SMILES string of the molecule is N#Cc1cccnc1N1CCN(C(=O)c2ccccc2O)CC1. The largest absolute Gasteiger partial charge is 0.507 e. The first-order chi connectivity index (χ1) is 11.2. The van der Waals surface area contributed by atoms with Crippen LogP contribution in [0.2, 0.25) is 0 Å². The molecule has 1 N–H and O–H groups in total. The number of anilines is 1. The number of hydrogen-bond donors (Lipinski definition) is 1. The van der Waals surface area contributed by atoms with E-state index in [4.69, 9.17) is 5.26 Å². The standard InChI is InChI=1S/C17H16N4O2/c18-12-13-4-3-7-19-16(13)20-8-10-21(11-9-20)17(23)14-5-1-2-6-15(14)22/h1-7,22H,8-11H2. The molecule has 1 aromatic carbocycles. The lowest BCUT2D eigenvalue weighted by atomic mass is 10.1. The van der Waals surface area contributed by atoms with Crippen LogP contribution in [0, 0.1) is 11.3 Å². The van der Waals surface area contributed by atoms with E-state index < -0.39 is 0 Å². The normalized spacial score (nSPS) is 14.4. The quantitative estimate of drug-likeness (QED) is 0.912. The van der Waals surface area contributed by atoms with E-state index in [2.05, 4.69) is 11.1 Å². The second-order valence-electron chi connectivity index (χ2n) is 5.28. The summed E-state index contributed by atoms with van der Waals surface area (Å²) in [6, 6.07) is 12.2. The summed E-state index contributed by atoms with van der Waals surface area (Å²) in [5, 5.41) is 19.0. The minimum Gasteiger partial charge on any atom is -0.507 e. The van der Waals surface area contributed by atoms with Gasteiger partial charge in [0.05, 0.1) is 11.1 Å². The number of aromatic hydroxyl groups is 1. The Balaban J connectivity index is 1.71. The van der Waals surface area contributed by atoms with Crippen molar-refractivity contribution in [2.45, 2.75) is 0 Å². The second-order valence-corrected chi connectivity index (χ2v) is 5.28. The molecule has 6 heteroatoms. The molecule has 2 aromatic rings. The summed E-state index contributed by atoms with van der Waals surface area (Å²) in [5.41, 5.74) is 0.851. The van der Waals surface area contributed by atoms with Gasteiger partial charge in [-0.2, -0.15) is 5.26 Å². The summed E-state index contributed by atoms with van der Waals surface area (Å²) in [4.78, 5) is 20.5. The summed E-state index contributed by atoms with van der Waals surface area (Å²) in [5.74, 6) is 0.477. The molecule has 1 fully saturated rings. The zero-order valence-electron chi connectivity index (χ0n) is 12.5. The monoisotopic (exact) mass is 308 g/mol. The van der Waals surface area contributed by atoms with Gasteiger partial charge in [-0.25, -0.2) is 4.98 Å². The number of phenols is 1. The van der Waals surface area contributed by atoms with Gasteiger partial charge in [0.25, 0.3) is 5.91 Å². The Hall–Kier alpha value is -3.07. The summed E-state index contributed by atoms with van der Waals surface area (Å²) in [6.45, 7) is 2.25. The van der Waals surface area contributed by atoms with Gasteiger partial charge in [0.15, 0.2) is 0 Å². The third-order valence-electron chi connectivity index (χ3n) is 3.91. The molecular weight excluding hydrogens is 292 g/mol. The van der Waals surface area contributed by atoms with E-state index in [-0.39, 0.29) is 11.7 Å². The number of hydrogen-bond acceptors (Lipinski definition) is 5. The van der Waals surface area contributed by atoms with Crippen LogP contribution in [-0.4, -0.2) is 47.1 Å². The van der Waals surface area contributed by atoms with Crippen molar-refractivity contribution < 1.29 is 9.90 Å². The lowest BCUT2D eigenvalue weighted by molar-refractivity contribution is 0.0743. The van der Waals surface area contributed by atoms with Gasteiger partial charge in [-0.15, -0.1) is 0 Å². The molecule has 1 aliphatic rings. The van der Waals surface area contributed by atoms with Crippen molar-refractivity contribution in [3.05, 3.63) is 53.7 Å². The predicted octanol–water partition coefficient (Wildman–Crippen LogP) is 1.62. The molecule has 0 atom stereocenters. The fourth-order valence-electron chi connectivity index (χ4n) is 2.68. The zero-order valence-corrected chi connectivity index (χ0v) is 12.5. The minimum atomic E-state index is -0.177. The number of aromatic nitrogens is 1. The molecule has 1 saturated heterocycles. The number of nitriles is 1. The highest BCUT2D eigenvalue weighted by Crippen LogP contribution is 2.21. The molecule has 1 aromatic heterocycles. The van der Waals surface area contributed by atoms with E-state index in [1.165, 1.54) is 6.07 Å². The van der Waals surface area contributed by atoms with Gasteiger partial charge in [0.1, 0.15) is 17.6 Å². The first kappa shape index (κ1) is 14.9. The number of phenolic OH excluding ortho intramolecular Hbond substituents is 1. The van der Waals surface area contributed by atoms with Crippen LogP contribution in [0.25, 0.3) is 0 Å². The lowest BCUT2D eigenvalue weighted by Gasteiger charge is -2.35. The van der Waals surface area contributed by atoms with Crippen LogP contribution in [0.4, 0.5) is 5.82 Å². The van der Waals surface area contributed by atoms with Gasteiger partial charge in [0, 0.05) is 32.4 Å². The Labute approximate surface area is 134 Å². The van der Waals surface area contributed by atoms with E-state index in [0.717, 1.165) is 0 Å². The van der Waals surface area contributed by atoms with Gasteiger partial charge < -0.3 is 14.9 Å². The first-order valence-electron chi connectivity index (χ1n) is 7.38. The molecule has 3 rings (SSSR count). The highest BCUT2D eigenvalue weighted by molar-refractivity contribution is 5.96. The van der Waals surface area contributed by atoms with E-state index >= 15 is 0 Å². The molecule has 0 saturated carbocycles. The number of carbonyl (C=O) groups is 1. The predicted molar refractivity (Wildman–Crippen MR) is 85.2 cm³/mol. The molecule has 116 valence electrons. The van der Waals surface area contributed by atoms with Crippen LogP contribution in [0.5, 0.6) is 5.75 Å². The van der Waals surface area contributed by atoms with Crippen molar-refractivity contribution in [2.24, 2.45) is 0 Å². The average molecular weight is 308 g/mol. The molecular formula is C17H16N4O2. The first-order valence-corrected chi connectivity index (χ1v) is 7.38. The number of benzene rings is 1. The van der Waals surface area contributed by atoms with E-state index in [0.29, 0.717) is 43.1 Å². The maximum Gasteiger partial charge on any atom is 0.257 e. The average Bonchev–Trinajstić information content (AvgIpc) is 2.61. The van der Waals surface area contributed by atoms with E-state index in [1.54, 1.807) is 41.4 Å². The Kier molecular flexibility index (Phi) is 4.11. The van der Waals surface area contributed by atoms with E-state index in [9.17, 15) is 9.90 Å². The Morgan fingerprint density at radius 2 is 1.87 bits per heavy atom. The molecule has 1 aliphatic heterocycles. The van der Waals surface area contributed by atoms with Crippen molar-refractivity contribution in [1.29, 1.82) is 5.26 Å². The topological polar surface area (TPSA) is 80.5 Å². The van der Waals surface area contributed by atoms with Crippen molar-refractivity contribution in [3.63, 3.8) is 0 Å². The number of nitrogens with zero attached hydrogens (tertiary/aromatic N) is 4. The fraction of sp³-hybridized carbons (Fsp3) is 0.235. The van der Waals surface area contributed by atoms with Crippen molar-refractivity contribution >= 4 is 11.7 Å². The summed E-state index contributed by atoms with van der Waals surface area (Å²) < 4.78 is 0. The van der Waals surface area contributed by atoms with Gasteiger partial charge in [-0.3, -0.25) is 4.79 Å². The summed E-state index contributed by atoms with van der Waals surface area (Å²) in [7, 11) is 0. The maximum absolute atomic E-state index is 12.5. The second kappa shape index (κ2) is 6.36. The van der Waals surface area contributed by atoms with E-state index in [1.807, 2.05) is 4.90 Å². The van der Waals surface area contributed by atoms with Crippen LogP contribution >= 0.6 is 0 Å². The summed E-state index contributed by atoms with van der Waals surface area (Å²) in [6.07, 6.45) is 1.66. The number of rotatable bonds is 2. The Morgan fingerprint density at radius 1 is 1.13 bits per heavy atom. The molecule has 6 nitrogen and oxygen atoms in total. The number of carbonyl (C=O) groups excluding carboxylic acids is 1. The molecule has 2 heterocycles. The Morgan fingerprint density at radius 3 is 2.57 bits per heavy atom. The number of amides is 1. The van der Waals surface area contributed by atoms with Gasteiger partial charge in [-0.1, -0.05) is 12.1 Å². The van der Waals surface area contributed by atoms with Crippen molar-refractivity contribution in [2.75, 3.05) is 31.1 Å². The molecule has 0 radical (unpaired) electrons. The van der Waals surface area contributed by atoms with Crippen LogP contribution in [0.1, 0.15) is 15.9 Å². The number of pyridine rings is 1. The molecule has 0 spiro atoms. The molecule has 0 aliphatic carbocycles. The zero-order chi connectivity index (χ0) is 16.2. The summed E-state index contributed by atoms with van der Waals surface area (Å²) >= 11 is 0. The van der Waals surface area contributed by atoms with Gasteiger partial charge in [-0.05, 0) is 24.3 Å². The third kappa shape index (κ3) is 2.94. The number of para-hydroxylation sites is 1. The van der Waals surface area contributed by atoms with Gasteiger partial charge >= 0.3 is 0 Å². The van der Waals surface area contributed by atoms with Gasteiger partial charge in [0.2, 0.25) is 0 Å². The molecule has 0 bridgehead atoms.